The van der Waals surface area contributed by atoms with Crippen molar-refractivity contribution in [3.05, 3.63) is 34.3 Å². The summed E-state index contributed by atoms with van der Waals surface area (Å²) >= 11 is 3.46. The number of hydrogen-bond acceptors (Lipinski definition) is 3. The van der Waals surface area contributed by atoms with Crippen LogP contribution in [0.3, 0.4) is 0 Å². The van der Waals surface area contributed by atoms with Crippen LogP contribution in [-0.2, 0) is 11.0 Å². The fraction of sp³-hybridized carbons (Fsp3) is 0.647. The Labute approximate surface area is 144 Å². The lowest BCUT2D eigenvalue weighted by atomic mass is 10.2. The van der Waals surface area contributed by atoms with Crippen LogP contribution in [0.25, 0.3) is 0 Å². The number of hydrogen-bond donors (Lipinski definition) is 1. The molecule has 0 aromatic heterocycles. The van der Waals surface area contributed by atoms with Crippen molar-refractivity contribution in [1.29, 1.82) is 0 Å². The highest BCUT2D eigenvalue weighted by atomic mass is 79.9. The van der Waals surface area contributed by atoms with Crippen LogP contribution >= 0.6 is 15.9 Å². The number of aliphatic hydroxyl groups is 1. The van der Waals surface area contributed by atoms with Crippen LogP contribution in [0, 0.1) is 0 Å². The molecule has 1 aromatic carbocycles. The zero-order chi connectivity index (χ0) is 16.4. The first-order valence-electron chi connectivity index (χ1n) is 8.18. The number of nitrogens with zero attached hydrogens (tertiary/aromatic N) is 1. The predicted octanol–water partition coefficient (Wildman–Crippen LogP) is 4.27. The fourth-order valence-electron chi connectivity index (χ4n) is 2.39. The second-order valence-electron chi connectivity index (χ2n) is 6.34. The number of rotatable bonds is 11. The lowest BCUT2D eigenvalue weighted by Gasteiger charge is -2.26. The molecule has 0 aliphatic rings. The van der Waals surface area contributed by atoms with Crippen LogP contribution in [0.5, 0.6) is 0 Å². The van der Waals surface area contributed by atoms with E-state index in [1.165, 1.54) is 24.4 Å². The van der Waals surface area contributed by atoms with Crippen LogP contribution in [0.1, 0.15) is 25.3 Å². The van der Waals surface area contributed by atoms with Gasteiger partial charge in [0.25, 0.3) is 0 Å². The molecule has 0 radical (unpaired) electrons. The van der Waals surface area contributed by atoms with Gasteiger partial charge in [-0.1, -0.05) is 47.8 Å². The van der Waals surface area contributed by atoms with Crippen molar-refractivity contribution in [3.8, 4) is 0 Å². The third-order valence-electron chi connectivity index (χ3n) is 3.77. The van der Waals surface area contributed by atoms with Gasteiger partial charge in [-0.15, -0.1) is 0 Å². The van der Waals surface area contributed by atoms with Gasteiger partial charge in [-0.2, -0.15) is 0 Å². The summed E-state index contributed by atoms with van der Waals surface area (Å²) in [4.78, 5) is 2.26. The van der Waals surface area contributed by atoms with E-state index in [2.05, 4.69) is 65.1 Å². The Morgan fingerprint density at radius 1 is 1.18 bits per heavy atom. The second kappa shape index (κ2) is 10.5. The molecule has 22 heavy (non-hydrogen) atoms. The van der Waals surface area contributed by atoms with Gasteiger partial charge >= 0.3 is 0 Å². The van der Waals surface area contributed by atoms with Crippen molar-refractivity contribution in [1.82, 2.24) is 4.90 Å². The van der Waals surface area contributed by atoms with Crippen LogP contribution < -0.4 is 0 Å². The Hall–Kier alpha value is -0.203. The number of benzene rings is 1. The molecule has 5 heteroatoms. The lowest BCUT2D eigenvalue weighted by Crippen LogP contribution is -2.36. The zero-order valence-corrected chi connectivity index (χ0v) is 16.7. The lowest BCUT2D eigenvalue weighted by molar-refractivity contribution is 0.160. The van der Waals surface area contributed by atoms with Gasteiger partial charge in [0.1, 0.15) is 0 Å². The van der Waals surface area contributed by atoms with Gasteiger partial charge in [0, 0.05) is 30.7 Å². The summed E-state index contributed by atoms with van der Waals surface area (Å²) in [7, 11) is -1.51. The van der Waals surface area contributed by atoms with Gasteiger partial charge in [0.2, 0.25) is 0 Å². The normalized spacial score (nSPS) is 12.1. The summed E-state index contributed by atoms with van der Waals surface area (Å²) in [5.41, 5.74) is 1.26. The van der Waals surface area contributed by atoms with Crippen molar-refractivity contribution in [2.24, 2.45) is 0 Å². The molecule has 0 aliphatic carbocycles. The molecule has 1 N–H and O–H groups in total. The molecule has 0 spiro atoms. The molecule has 0 bridgehead atoms. The molecule has 0 unspecified atom stereocenters. The average molecular weight is 388 g/mol. The van der Waals surface area contributed by atoms with Crippen molar-refractivity contribution < 1.29 is 9.53 Å². The first-order chi connectivity index (χ1) is 10.5. The maximum Gasteiger partial charge on any atom is 0.186 e. The third kappa shape index (κ3) is 8.43. The standard InChI is InChI=1S/C17H30BrNO2Si/c1-4-5-14-22(2,3)21-13-11-19(10-12-20)15-16-6-8-17(18)9-7-16/h6-9,20H,4-5,10-15H2,1-3H3. The van der Waals surface area contributed by atoms with Gasteiger partial charge < -0.3 is 9.53 Å². The Kier molecular flexibility index (Phi) is 9.51. The van der Waals surface area contributed by atoms with E-state index in [9.17, 15) is 5.11 Å². The largest absolute Gasteiger partial charge is 0.416 e. The van der Waals surface area contributed by atoms with Gasteiger partial charge in [0.15, 0.2) is 8.32 Å². The van der Waals surface area contributed by atoms with Crippen LogP contribution in [0.15, 0.2) is 28.7 Å². The molecule has 1 rings (SSSR count). The minimum absolute atomic E-state index is 0.188. The third-order valence-corrected chi connectivity index (χ3v) is 6.84. The zero-order valence-electron chi connectivity index (χ0n) is 14.1. The fourth-order valence-corrected chi connectivity index (χ4v) is 4.64. The molecule has 0 fully saturated rings. The number of halogens is 1. The first kappa shape index (κ1) is 19.8. The molecule has 0 heterocycles. The van der Waals surface area contributed by atoms with E-state index in [0.29, 0.717) is 6.54 Å². The van der Waals surface area contributed by atoms with E-state index in [1.807, 2.05) is 0 Å². The van der Waals surface area contributed by atoms with Gasteiger partial charge in [0.05, 0.1) is 6.61 Å². The highest BCUT2D eigenvalue weighted by Gasteiger charge is 2.21. The molecule has 3 nitrogen and oxygen atoms in total. The van der Waals surface area contributed by atoms with Crippen LogP contribution in [-0.4, -0.2) is 44.6 Å². The molecule has 126 valence electrons. The van der Waals surface area contributed by atoms with E-state index in [1.54, 1.807) is 0 Å². The molecule has 0 atom stereocenters. The maximum atomic E-state index is 9.25. The number of aliphatic hydroxyl groups excluding tert-OH is 1. The van der Waals surface area contributed by atoms with Gasteiger partial charge in [-0.25, -0.2) is 0 Å². The second-order valence-corrected chi connectivity index (χ2v) is 11.6. The Bertz CT molecular complexity index is 412. The Morgan fingerprint density at radius 3 is 2.45 bits per heavy atom. The van der Waals surface area contributed by atoms with E-state index in [-0.39, 0.29) is 6.61 Å². The van der Waals surface area contributed by atoms with Gasteiger partial charge in [-0.05, 0) is 36.8 Å². The molecule has 0 amide bonds. The summed E-state index contributed by atoms with van der Waals surface area (Å²) in [5.74, 6) is 0. The van der Waals surface area contributed by atoms with E-state index >= 15 is 0 Å². The monoisotopic (exact) mass is 387 g/mol. The van der Waals surface area contributed by atoms with Crippen molar-refractivity contribution in [2.45, 2.75) is 45.4 Å². The van der Waals surface area contributed by atoms with E-state index in [0.717, 1.165) is 24.2 Å². The maximum absolute atomic E-state index is 9.25. The Balaban J connectivity index is 2.42. The van der Waals surface area contributed by atoms with Crippen molar-refractivity contribution >= 4 is 24.2 Å². The molecular formula is C17H30BrNO2Si. The minimum atomic E-state index is -1.51. The summed E-state index contributed by atoms with van der Waals surface area (Å²) in [6, 6.07) is 9.59. The average Bonchev–Trinajstić information content (AvgIpc) is 2.47. The van der Waals surface area contributed by atoms with Crippen molar-refractivity contribution in [3.63, 3.8) is 0 Å². The summed E-state index contributed by atoms with van der Waals surface area (Å²) < 4.78 is 7.27. The summed E-state index contributed by atoms with van der Waals surface area (Å²) in [6.45, 7) is 10.2. The summed E-state index contributed by atoms with van der Waals surface area (Å²) in [6.07, 6.45) is 2.50. The SMILES string of the molecule is CCCC[Si](C)(C)OCCN(CCO)Cc1ccc(Br)cc1. The smallest absolute Gasteiger partial charge is 0.186 e. The molecule has 1 aromatic rings. The van der Waals surface area contributed by atoms with E-state index < -0.39 is 8.32 Å². The topological polar surface area (TPSA) is 32.7 Å². The quantitative estimate of drug-likeness (QED) is 0.575. The van der Waals surface area contributed by atoms with Crippen molar-refractivity contribution in [2.75, 3.05) is 26.3 Å². The molecule has 0 saturated heterocycles. The number of unbranched alkanes of at least 4 members (excludes halogenated alkanes) is 1. The predicted molar refractivity (Wildman–Crippen MR) is 99.7 cm³/mol. The Morgan fingerprint density at radius 2 is 1.86 bits per heavy atom. The van der Waals surface area contributed by atoms with E-state index in [4.69, 9.17) is 4.43 Å². The van der Waals surface area contributed by atoms with Crippen LogP contribution in [0.4, 0.5) is 0 Å². The molecular weight excluding hydrogens is 358 g/mol. The summed E-state index contributed by atoms with van der Waals surface area (Å²) in [5, 5.41) is 9.25. The molecule has 0 aliphatic heterocycles. The highest BCUT2D eigenvalue weighted by Crippen LogP contribution is 2.15. The van der Waals surface area contributed by atoms with Crippen LogP contribution in [0.2, 0.25) is 19.1 Å². The van der Waals surface area contributed by atoms with Gasteiger partial charge in [-0.3, -0.25) is 4.90 Å². The highest BCUT2D eigenvalue weighted by molar-refractivity contribution is 9.10. The first-order valence-corrected chi connectivity index (χ1v) is 12.1. The minimum Gasteiger partial charge on any atom is -0.416 e. The molecule has 0 saturated carbocycles.